The summed E-state index contributed by atoms with van der Waals surface area (Å²) in [5.74, 6) is 0. The van der Waals surface area contributed by atoms with Gasteiger partial charge in [-0.3, -0.25) is 0 Å². The number of hydrogen-bond acceptors (Lipinski definition) is 1. The number of fused-ring (bicyclic) bond motifs is 7. The SMILES string of the molecule is c1ccc2c(-c3ccc4c(c3)CC4)c3ccccc3c(-c3ccc(-c4ccc5c(c4)sc4cc6c(cc45)CC6)cc3)c2c1. The molecule has 7 aromatic carbocycles. The van der Waals surface area contributed by atoms with Crippen molar-refractivity contribution in [2.45, 2.75) is 25.7 Å². The van der Waals surface area contributed by atoms with Crippen molar-refractivity contribution in [3.8, 4) is 33.4 Å². The first-order valence-electron chi connectivity index (χ1n) is 15.4. The van der Waals surface area contributed by atoms with Crippen LogP contribution in [0.5, 0.6) is 0 Å². The smallest absolute Gasteiger partial charge is 0.0361 e. The monoisotopic (exact) mass is 564 g/mol. The van der Waals surface area contributed by atoms with Crippen molar-refractivity contribution < 1.29 is 0 Å². The van der Waals surface area contributed by atoms with Crippen LogP contribution in [0.1, 0.15) is 22.3 Å². The average molecular weight is 565 g/mol. The highest BCUT2D eigenvalue weighted by Gasteiger charge is 2.20. The molecule has 1 heteroatoms. The largest absolute Gasteiger partial charge is 0.135 e. The van der Waals surface area contributed by atoms with Gasteiger partial charge in [-0.15, -0.1) is 11.3 Å². The van der Waals surface area contributed by atoms with Crippen LogP contribution in [0.25, 0.3) is 75.1 Å². The fourth-order valence-corrected chi connectivity index (χ4v) is 8.77. The molecule has 0 radical (unpaired) electrons. The lowest BCUT2D eigenvalue weighted by Crippen LogP contribution is -2.07. The minimum absolute atomic E-state index is 1.20. The summed E-state index contributed by atoms with van der Waals surface area (Å²) in [4.78, 5) is 0. The molecule has 202 valence electrons. The molecule has 0 saturated heterocycles. The van der Waals surface area contributed by atoms with Gasteiger partial charge in [0, 0.05) is 20.2 Å². The van der Waals surface area contributed by atoms with Gasteiger partial charge in [0.15, 0.2) is 0 Å². The maximum Gasteiger partial charge on any atom is 0.0361 e. The van der Waals surface area contributed by atoms with E-state index in [1.54, 1.807) is 5.56 Å². The Kier molecular flexibility index (Phi) is 4.92. The molecule has 0 nitrogen and oxygen atoms in total. The Morgan fingerprint density at radius 3 is 1.47 bits per heavy atom. The van der Waals surface area contributed by atoms with Crippen LogP contribution in [0, 0.1) is 0 Å². The molecule has 1 aromatic heterocycles. The molecular weight excluding hydrogens is 537 g/mol. The van der Waals surface area contributed by atoms with Crippen molar-refractivity contribution >= 4 is 53.1 Å². The van der Waals surface area contributed by atoms with E-state index in [2.05, 4.69) is 121 Å². The van der Waals surface area contributed by atoms with E-state index in [9.17, 15) is 0 Å². The summed E-state index contributed by atoms with van der Waals surface area (Å²) in [6.45, 7) is 0. The second-order valence-electron chi connectivity index (χ2n) is 12.3. The highest BCUT2D eigenvalue weighted by atomic mass is 32.1. The third-order valence-electron chi connectivity index (χ3n) is 10.1. The van der Waals surface area contributed by atoms with Gasteiger partial charge in [-0.05, 0) is 121 Å². The van der Waals surface area contributed by atoms with Gasteiger partial charge in [-0.1, -0.05) is 103 Å². The van der Waals surface area contributed by atoms with Gasteiger partial charge >= 0.3 is 0 Å². The standard InChI is InChI=1S/C42H28S/c1-3-7-36-34(5-1)41(35-6-2-4-8-37(35)42(36)32-18-12-25-11-15-28(25)21-32)27-13-9-26(10-14-27)30-19-20-33-38-22-29-16-17-31(29)24-40(38)43-39(33)23-30/h1-10,12-14,18-24H,11,15-17H2. The minimum atomic E-state index is 1.20. The molecular formula is C42H28S. The van der Waals surface area contributed by atoms with E-state index in [0.717, 1.165) is 0 Å². The van der Waals surface area contributed by atoms with Crippen molar-refractivity contribution in [3.63, 3.8) is 0 Å². The maximum absolute atomic E-state index is 2.43. The van der Waals surface area contributed by atoms with Crippen LogP contribution in [0.3, 0.4) is 0 Å². The zero-order chi connectivity index (χ0) is 28.1. The molecule has 8 aromatic rings. The molecule has 0 amide bonds. The Bertz CT molecular complexity index is 2380. The number of hydrogen-bond donors (Lipinski definition) is 0. The van der Waals surface area contributed by atoms with Crippen LogP contribution in [-0.4, -0.2) is 0 Å². The van der Waals surface area contributed by atoms with Gasteiger partial charge in [0.1, 0.15) is 0 Å². The van der Waals surface area contributed by atoms with Crippen LogP contribution in [-0.2, 0) is 25.7 Å². The van der Waals surface area contributed by atoms with Crippen molar-refractivity contribution in [2.75, 3.05) is 0 Å². The molecule has 0 aliphatic heterocycles. The number of benzene rings is 7. The normalized spacial score (nSPS) is 13.7. The zero-order valence-corrected chi connectivity index (χ0v) is 24.6. The average Bonchev–Trinajstić information content (AvgIpc) is 3.38. The fourth-order valence-electron chi connectivity index (χ4n) is 7.58. The van der Waals surface area contributed by atoms with Crippen molar-refractivity contribution in [1.29, 1.82) is 0 Å². The van der Waals surface area contributed by atoms with Crippen molar-refractivity contribution in [2.24, 2.45) is 0 Å². The Hall–Kier alpha value is -4.72. The molecule has 2 aliphatic rings. The van der Waals surface area contributed by atoms with Gasteiger partial charge in [-0.2, -0.15) is 0 Å². The van der Waals surface area contributed by atoms with E-state index in [0.29, 0.717) is 0 Å². The second-order valence-corrected chi connectivity index (χ2v) is 13.4. The van der Waals surface area contributed by atoms with E-state index in [-0.39, 0.29) is 0 Å². The van der Waals surface area contributed by atoms with Crippen LogP contribution < -0.4 is 0 Å². The van der Waals surface area contributed by atoms with E-state index in [1.165, 1.54) is 117 Å². The van der Waals surface area contributed by atoms with E-state index >= 15 is 0 Å². The molecule has 0 unspecified atom stereocenters. The first-order valence-corrected chi connectivity index (χ1v) is 16.2. The Morgan fingerprint density at radius 1 is 0.326 bits per heavy atom. The van der Waals surface area contributed by atoms with Gasteiger partial charge < -0.3 is 0 Å². The van der Waals surface area contributed by atoms with E-state index in [1.807, 2.05) is 11.3 Å². The second kappa shape index (κ2) is 8.89. The number of aryl methyl sites for hydroxylation is 4. The minimum Gasteiger partial charge on any atom is -0.135 e. The predicted octanol–water partition coefficient (Wildman–Crippen LogP) is 11.6. The summed E-state index contributed by atoms with van der Waals surface area (Å²) >= 11 is 1.93. The van der Waals surface area contributed by atoms with Crippen molar-refractivity contribution in [1.82, 2.24) is 0 Å². The summed E-state index contributed by atoms with van der Waals surface area (Å²) < 4.78 is 2.80. The van der Waals surface area contributed by atoms with Crippen LogP contribution in [0.15, 0.2) is 121 Å². The molecule has 43 heavy (non-hydrogen) atoms. The summed E-state index contributed by atoms with van der Waals surface area (Å²) in [6.07, 6.45) is 4.87. The van der Waals surface area contributed by atoms with Gasteiger partial charge in [0.2, 0.25) is 0 Å². The van der Waals surface area contributed by atoms with E-state index < -0.39 is 0 Å². The molecule has 0 N–H and O–H groups in total. The molecule has 0 fully saturated rings. The lowest BCUT2D eigenvalue weighted by molar-refractivity contribution is 0.840. The summed E-state index contributed by atoms with van der Waals surface area (Å²) in [6, 6.07) is 46.2. The van der Waals surface area contributed by atoms with Crippen LogP contribution in [0.2, 0.25) is 0 Å². The van der Waals surface area contributed by atoms with Crippen molar-refractivity contribution in [3.05, 3.63) is 144 Å². The molecule has 0 saturated carbocycles. The third kappa shape index (κ3) is 3.49. The lowest BCUT2D eigenvalue weighted by atomic mass is 9.82. The highest BCUT2D eigenvalue weighted by Crippen LogP contribution is 2.45. The Balaban J connectivity index is 1.12. The zero-order valence-electron chi connectivity index (χ0n) is 23.8. The first-order chi connectivity index (χ1) is 21.3. The van der Waals surface area contributed by atoms with Gasteiger partial charge in [0.25, 0.3) is 0 Å². The quantitative estimate of drug-likeness (QED) is 0.187. The van der Waals surface area contributed by atoms with Gasteiger partial charge in [0.05, 0.1) is 0 Å². The highest BCUT2D eigenvalue weighted by molar-refractivity contribution is 7.25. The molecule has 0 atom stereocenters. The molecule has 0 bridgehead atoms. The number of thiophene rings is 1. The molecule has 1 heterocycles. The third-order valence-corrected chi connectivity index (χ3v) is 11.2. The Morgan fingerprint density at radius 2 is 0.837 bits per heavy atom. The lowest BCUT2D eigenvalue weighted by Gasteiger charge is -2.22. The summed E-state index contributed by atoms with van der Waals surface area (Å²) in [7, 11) is 0. The van der Waals surface area contributed by atoms with Crippen LogP contribution >= 0.6 is 11.3 Å². The predicted molar refractivity (Wildman–Crippen MR) is 185 cm³/mol. The summed E-state index contributed by atoms with van der Waals surface area (Å²) in [5.41, 5.74) is 13.9. The molecule has 0 spiro atoms. The maximum atomic E-state index is 2.43. The summed E-state index contributed by atoms with van der Waals surface area (Å²) in [5, 5.41) is 8.09. The van der Waals surface area contributed by atoms with Crippen LogP contribution in [0.4, 0.5) is 0 Å². The first kappa shape index (κ1) is 23.8. The molecule has 2 aliphatic carbocycles. The van der Waals surface area contributed by atoms with E-state index in [4.69, 9.17) is 0 Å². The molecule has 10 rings (SSSR count). The topological polar surface area (TPSA) is 0 Å². The van der Waals surface area contributed by atoms with Gasteiger partial charge in [-0.25, -0.2) is 0 Å². The number of rotatable bonds is 3. The Labute approximate surface area is 254 Å². The fraction of sp³-hybridized carbons (Fsp3) is 0.0952.